The Morgan fingerprint density at radius 1 is 1.05 bits per heavy atom. The zero-order valence-corrected chi connectivity index (χ0v) is 25.1. The van der Waals surface area contributed by atoms with Gasteiger partial charge in [-0.2, -0.15) is 4.31 Å². The Hall–Kier alpha value is -4.07. The fourth-order valence-electron chi connectivity index (χ4n) is 4.64. The number of hydrogen-bond donors (Lipinski definition) is 3. The fourth-order valence-corrected chi connectivity index (χ4v) is 6.47. The summed E-state index contributed by atoms with van der Waals surface area (Å²) in [5.74, 6) is -0.647. The summed E-state index contributed by atoms with van der Waals surface area (Å²) >= 11 is 5.47. The molecule has 1 aliphatic heterocycles. The zero-order valence-electron chi connectivity index (χ0n) is 23.4. The number of nitrogens with one attached hydrogen (secondary N) is 3. The number of benzene rings is 3. The van der Waals surface area contributed by atoms with Gasteiger partial charge in [0.25, 0.3) is 5.69 Å². The highest BCUT2D eigenvalue weighted by Gasteiger charge is 2.42. The van der Waals surface area contributed by atoms with E-state index in [-0.39, 0.29) is 28.3 Å². The number of nitro benzene ring substituents is 1. The van der Waals surface area contributed by atoms with Gasteiger partial charge in [0.15, 0.2) is 5.11 Å². The maximum absolute atomic E-state index is 13.5. The van der Waals surface area contributed by atoms with Gasteiger partial charge in [-0.25, -0.2) is 8.42 Å². The SMILES string of the molecule is CC(C)(C)OC(=O)[C@@H]1CCCN1S(=O)(=O)c1ccc(NNC(=S)NC(c2ccccc2)c2ccccc2)c([N+](=O)[O-])c1. The Kier molecular flexibility index (Phi) is 9.44. The van der Waals surface area contributed by atoms with Gasteiger partial charge in [-0.15, -0.1) is 0 Å². The maximum atomic E-state index is 13.5. The van der Waals surface area contributed by atoms with Crippen molar-refractivity contribution in [2.24, 2.45) is 0 Å². The van der Waals surface area contributed by atoms with Crippen molar-refractivity contribution in [3.63, 3.8) is 0 Å². The third-order valence-corrected chi connectivity index (χ3v) is 8.63. The van der Waals surface area contributed by atoms with Crippen molar-refractivity contribution in [1.29, 1.82) is 0 Å². The van der Waals surface area contributed by atoms with Crippen LogP contribution in [0.2, 0.25) is 0 Å². The fraction of sp³-hybridized carbons (Fsp3) is 0.310. The van der Waals surface area contributed by atoms with Crippen molar-refractivity contribution in [3.05, 3.63) is 100 Å². The molecule has 222 valence electrons. The van der Waals surface area contributed by atoms with Crippen molar-refractivity contribution < 1.29 is 22.9 Å². The molecule has 1 aliphatic rings. The van der Waals surface area contributed by atoms with Crippen LogP contribution in [0.15, 0.2) is 83.8 Å². The van der Waals surface area contributed by atoms with Crippen LogP contribution in [0.1, 0.15) is 50.8 Å². The average Bonchev–Trinajstić information content (AvgIpc) is 3.46. The first-order valence-electron chi connectivity index (χ1n) is 13.3. The van der Waals surface area contributed by atoms with E-state index < -0.39 is 38.2 Å². The van der Waals surface area contributed by atoms with Crippen LogP contribution in [-0.4, -0.2) is 46.9 Å². The quantitative estimate of drug-likeness (QED) is 0.135. The van der Waals surface area contributed by atoms with Gasteiger partial charge < -0.3 is 10.1 Å². The number of nitro groups is 1. The van der Waals surface area contributed by atoms with Gasteiger partial charge in [-0.1, -0.05) is 60.7 Å². The summed E-state index contributed by atoms with van der Waals surface area (Å²) in [6, 6.07) is 21.5. The van der Waals surface area contributed by atoms with Gasteiger partial charge in [0.2, 0.25) is 10.0 Å². The number of nitrogens with zero attached hydrogens (tertiary/aromatic N) is 2. The molecule has 0 spiro atoms. The molecule has 4 rings (SSSR count). The molecule has 3 aromatic carbocycles. The second-order valence-corrected chi connectivity index (χ2v) is 13.0. The summed E-state index contributed by atoms with van der Waals surface area (Å²) in [5, 5.41) is 15.3. The van der Waals surface area contributed by atoms with Gasteiger partial charge in [-0.3, -0.25) is 25.8 Å². The van der Waals surface area contributed by atoms with Crippen molar-refractivity contribution >= 4 is 44.7 Å². The lowest BCUT2D eigenvalue weighted by atomic mass is 9.99. The molecule has 0 amide bonds. The molecule has 0 bridgehead atoms. The van der Waals surface area contributed by atoms with Crippen LogP contribution >= 0.6 is 12.2 Å². The molecule has 3 aromatic rings. The molecule has 1 saturated heterocycles. The highest BCUT2D eigenvalue weighted by atomic mass is 32.2. The monoisotopic (exact) mass is 611 g/mol. The molecule has 3 N–H and O–H groups in total. The zero-order chi connectivity index (χ0) is 30.5. The molecule has 42 heavy (non-hydrogen) atoms. The Balaban J connectivity index is 1.51. The lowest BCUT2D eigenvalue weighted by molar-refractivity contribution is -0.384. The standard InChI is InChI=1S/C29H33N5O6S2/c1-29(2,3)40-27(35)24-15-10-18-33(24)42(38,39)22-16-17-23(25(19-22)34(36)37)31-32-28(41)30-26(20-11-6-4-7-12-20)21-13-8-5-9-14-21/h4-9,11-14,16-17,19,24,26,31H,10,15,18H2,1-3H3,(H2,30,32,41)/t24-/m0/s1. The molecule has 0 aliphatic carbocycles. The normalized spacial score (nSPS) is 15.7. The smallest absolute Gasteiger partial charge is 0.324 e. The average molecular weight is 612 g/mol. The Morgan fingerprint density at radius 2 is 1.64 bits per heavy atom. The summed E-state index contributed by atoms with van der Waals surface area (Å²) in [6.45, 7) is 5.21. The summed E-state index contributed by atoms with van der Waals surface area (Å²) in [4.78, 5) is 23.7. The van der Waals surface area contributed by atoms with Crippen molar-refractivity contribution in [3.8, 4) is 0 Å². The van der Waals surface area contributed by atoms with E-state index in [4.69, 9.17) is 17.0 Å². The van der Waals surface area contributed by atoms with E-state index >= 15 is 0 Å². The second-order valence-electron chi connectivity index (χ2n) is 10.7. The van der Waals surface area contributed by atoms with E-state index in [1.54, 1.807) is 20.8 Å². The minimum atomic E-state index is -4.23. The number of sulfonamides is 1. The van der Waals surface area contributed by atoms with E-state index in [2.05, 4.69) is 16.2 Å². The molecule has 0 unspecified atom stereocenters. The largest absolute Gasteiger partial charge is 0.459 e. The minimum absolute atomic E-state index is 0.00388. The van der Waals surface area contributed by atoms with E-state index in [0.717, 1.165) is 21.5 Å². The van der Waals surface area contributed by atoms with Crippen LogP contribution in [0.25, 0.3) is 0 Å². The molecule has 1 atom stereocenters. The van der Waals surface area contributed by atoms with Crippen LogP contribution in [0.3, 0.4) is 0 Å². The molecule has 0 aromatic heterocycles. The molecule has 1 heterocycles. The van der Waals surface area contributed by atoms with Gasteiger partial charge >= 0.3 is 5.97 Å². The van der Waals surface area contributed by atoms with E-state index in [0.29, 0.717) is 12.8 Å². The molecule has 1 fully saturated rings. The highest BCUT2D eigenvalue weighted by Crippen LogP contribution is 2.32. The third-order valence-electron chi connectivity index (χ3n) is 6.51. The number of hydrazine groups is 1. The van der Waals surface area contributed by atoms with Crippen LogP contribution in [0.4, 0.5) is 11.4 Å². The number of thiocarbonyl (C=S) groups is 1. The number of ether oxygens (including phenoxy) is 1. The predicted octanol–water partition coefficient (Wildman–Crippen LogP) is 4.67. The first-order valence-corrected chi connectivity index (χ1v) is 15.2. The highest BCUT2D eigenvalue weighted by molar-refractivity contribution is 7.89. The lowest BCUT2D eigenvalue weighted by Gasteiger charge is -2.27. The Morgan fingerprint density at radius 3 is 2.19 bits per heavy atom. The first-order chi connectivity index (χ1) is 19.9. The van der Waals surface area contributed by atoms with Gasteiger partial charge in [0, 0.05) is 12.6 Å². The van der Waals surface area contributed by atoms with Crippen LogP contribution < -0.4 is 16.2 Å². The summed E-state index contributed by atoms with van der Waals surface area (Å²) in [7, 11) is -4.23. The summed E-state index contributed by atoms with van der Waals surface area (Å²) in [6.07, 6.45) is 0.767. The van der Waals surface area contributed by atoms with E-state index in [9.17, 15) is 23.3 Å². The van der Waals surface area contributed by atoms with Crippen LogP contribution in [-0.2, 0) is 19.6 Å². The number of hydrogen-bond acceptors (Lipinski definition) is 8. The van der Waals surface area contributed by atoms with Crippen LogP contribution in [0, 0.1) is 10.1 Å². The number of carbonyl (C=O) groups excluding carboxylic acids is 1. The van der Waals surface area contributed by atoms with Crippen molar-refractivity contribution in [2.45, 2.75) is 56.2 Å². The predicted molar refractivity (Wildman–Crippen MR) is 163 cm³/mol. The van der Waals surface area contributed by atoms with E-state index in [1.165, 1.54) is 12.1 Å². The molecule has 11 nitrogen and oxygen atoms in total. The summed E-state index contributed by atoms with van der Waals surface area (Å²) < 4.78 is 33.4. The number of rotatable bonds is 9. The van der Waals surface area contributed by atoms with Crippen LogP contribution in [0.5, 0.6) is 0 Å². The van der Waals surface area contributed by atoms with Crippen molar-refractivity contribution in [2.75, 3.05) is 12.0 Å². The van der Waals surface area contributed by atoms with Crippen molar-refractivity contribution in [1.82, 2.24) is 15.0 Å². The van der Waals surface area contributed by atoms with E-state index in [1.807, 2.05) is 60.7 Å². The topological polar surface area (TPSA) is 143 Å². The molecule has 13 heteroatoms. The second kappa shape index (κ2) is 12.8. The first kappa shape index (κ1) is 30.9. The third kappa shape index (κ3) is 7.41. The molecule has 0 radical (unpaired) electrons. The molecule has 0 saturated carbocycles. The van der Waals surface area contributed by atoms with Gasteiger partial charge in [-0.05, 0) is 69.1 Å². The van der Waals surface area contributed by atoms with Gasteiger partial charge in [0.05, 0.1) is 15.9 Å². The number of anilines is 1. The molecular weight excluding hydrogens is 578 g/mol. The number of esters is 1. The molecular formula is C29H33N5O6S2. The lowest BCUT2D eigenvalue weighted by Crippen LogP contribution is -2.43. The summed E-state index contributed by atoms with van der Waals surface area (Å²) in [5.41, 5.74) is 6.14. The minimum Gasteiger partial charge on any atom is -0.459 e. The maximum Gasteiger partial charge on any atom is 0.324 e. The Labute approximate surface area is 250 Å². The van der Waals surface area contributed by atoms with Gasteiger partial charge in [0.1, 0.15) is 17.3 Å². The number of carbonyl (C=O) groups is 1. The Bertz CT molecular complexity index is 1510.